The van der Waals surface area contributed by atoms with E-state index >= 15 is 0 Å². The number of hydrogen-bond donors (Lipinski definition) is 0. The number of pyridine rings is 1. The van der Waals surface area contributed by atoms with Gasteiger partial charge >= 0.3 is 0 Å². The first-order chi connectivity index (χ1) is 40.3. The quantitative estimate of drug-likeness (QED) is 0.152. The highest BCUT2D eigenvalue weighted by atomic mass is 32.1. The maximum absolute atomic E-state index is 10.1. The molecule has 0 fully saturated rings. The van der Waals surface area contributed by atoms with Gasteiger partial charge in [-0.25, -0.2) is 0 Å². The summed E-state index contributed by atoms with van der Waals surface area (Å²) < 4.78 is 4.93. The summed E-state index contributed by atoms with van der Waals surface area (Å²) in [6.45, 7) is 4.68. The molecule has 0 radical (unpaired) electrons. The highest BCUT2D eigenvalue weighted by molar-refractivity contribution is 7.25. The van der Waals surface area contributed by atoms with Crippen molar-refractivity contribution < 1.29 is 0 Å². The molecule has 15 aromatic rings. The third kappa shape index (κ3) is 7.60. The zero-order valence-corrected chi connectivity index (χ0v) is 45.9. The van der Waals surface area contributed by atoms with E-state index in [-0.39, 0.29) is 5.41 Å². The van der Waals surface area contributed by atoms with Gasteiger partial charge < -0.3 is 9.47 Å². The van der Waals surface area contributed by atoms with Gasteiger partial charge in [0.25, 0.3) is 0 Å². The molecule has 1 aliphatic rings. The molecule has 0 aliphatic heterocycles. The van der Waals surface area contributed by atoms with Crippen LogP contribution in [0.4, 0.5) is 17.1 Å². The van der Waals surface area contributed by atoms with Gasteiger partial charge in [-0.15, -0.1) is 11.3 Å². The first-order valence-corrected chi connectivity index (χ1v) is 28.8. The maximum atomic E-state index is 10.1. The van der Waals surface area contributed by atoms with Gasteiger partial charge in [0.05, 0.1) is 34.0 Å². The molecule has 384 valence electrons. The summed E-state index contributed by atoms with van der Waals surface area (Å²) in [5.74, 6) is 0. The molecule has 0 saturated carbocycles. The average Bonchev–Trinajstić information content (AvgIpc) is 3.48. The third-order valence-corrected chi connectivity index (χ3v) is 18.3. The minimum Gasteiger partial charge on any atom is -0.310 e. The van der Waals surface area contributed by atoms with Gasteiger partial charge in [0.15, 0.2) is 0 Å². The summed E-state index contributed by atoms with van der Waals surface area (Å²) in [5.41, 5.74) is 20.9. The van der Waals surface area contributed by atoms with Gasteiger partial charge in [-0.2, -0.15) is 5.26 Å². The Hall–Kier alpha value is -10.4. The van der Waals surface area contributed by atoms with E-state index in [2.05, 4.69) is 271 Å². The molecule has 5 heteroatoms. The van der Waals surface area contributed by atoms with E-state index in [1.165, 1.54) is 85.9 Å². The first kappa shape index (κ1) is 47.6. The molecule has 3 heterocycles. The zero-order chi connectivity index (χ0) is 54.6. The van der Waals surface area contributed by atoms with Crippen LogP contribution in [0.5, 0.6) is 0 Å². The van der Waals surface area contributed by atoms with E-state index in [1.807, 2.05) is 41.8 Å². The second-order valence-electron chi connectivity index (χ2n) is 22.2. The van der Waals surface area contributed by atoms with Crippen LogP contribution in [0.15, 0.2) is 267 Å². The Morgan fingerprint density at radius 1 is 0.427 bits per heavy atom. The van der Waals surface area contributed by atoms with Crippen molar-refractivity contribution >= 4 is 91.9 Å². The van der Waals surface area contributed by atoms with Crippen molar-refractivity contribution in [2.75, 3.05) is 4.90 Å². The number of nitriles is 1. The maximum Gasteiger partial charge on any atom is 0.0991 e. The Bertz CT molecular complexity index is 5150. The van der Waals surface area contributed by atoms with Crippen LogP contribution in [0.2, 0.25) is 0 Å². The summed E-state index contributed by atoms with van der Waals surface area (Å²) in [6.07, 6.45) is 1.86. The molecule has 0 saturated heterocycles. The summed E-state index contributed by atoms with van der Waals surface area (Å²) in [7, 11) is 0. The molecule has 0 spiro atoms. The number of nitrogens with zero attached hydrogens (tertiary/aromatic N) is 4. The topological polar surface area (TPSA) is 44.9 Å². The van der Waals surface area contributed by atoms with E-state index in [0.717, 1.165) is 67.3 Å². The van der Waals surface area contributed by atoms with Crippen molar-refractivity contribution in [2.45, 2.75) is 19.3 Å². The minimum absolute atomic E-state index is 0.209. The Kier molecular flexibility index (Phi) is 10.8. The molecule has 3 aromatic heterocycles. The predicted molar refractivity (Wildman–Crippen MR) is 345 cm³/mol. The van der Waals surface area contributed by atoms with Crippen LogP contribution in [0.3, 0.4) is 0 Å². The van der Waals surface area contributed by atoms with Crippen LogP contribution in [0.25, 0.3) is 125 Å². The van der Waals surface area contributed by atoms with Crippen molar-refractivity contribution in [1.29, 1.82) is 5.26 Å². The molecule has 1 aliphatic carbocycles. The van der Waals surface area contributed by atoms with Crippen molar-refractivity contribution in [1.82, 2.24) is 9.55 Å². The molecule has 0 amide bonds. The van der Waals surface area contributed by atoms with Crippen LogP contribution < -0.4 is 4.90 Å². The Labute approximate surface area is 479 Å². The first-order valence-electron chi connectivity index (χ1n) is 28.0. The molecule has 12 aromatic carbocycles. The van der Waals surface area contributed by atoms with Gasteiger partial charge in [-0.05, 0) is 187 Å². The smallest absolute Gasteiger partial charge is 0.0991 e. The Morgan fingerprint density at radius 2 is 1.11 bits per heavy atom. The number of fused-ring (bicyclic) bond motifs is 11. The lowest BCUT2D eigenvalue weighted by molar-refractivity contribution is 0.660. The van der Waals surface area contributed by atoms with Crippen LogP contribution in [-0.4, -0.2) is 9.55 Å². The number of aromatic nitrogens is 2. The van der Waals surface area contributed by atoms with E-state index in [9.17, 15) is 5.26 Å². The van der Waals surface area contributed by atoms with Crippen LogP contribution in [0.1, 0.15) is 30.5 Å². The zero-order valence-electron chi connectivity index (χ0n) is 45.1. The van der Waals surface area contributed by atoms with Crippen LogP contribution >= 0.6 is 11.3 Å². The number of rotatable bonds is 8. The molecule has 0 unspecified atom stereocenters. The van der Waals surface area contributed by atoms with Crippen molar-refractivity contribution in [3.63, 3.8) is 0 Å². The molecule has 16 rings (SSSR count). The van der Waals surface area contributed by atoms with E-state index in [4.69, 9.17) is 0 Å². The van der Waals surface area contributed by atoms with Crippen LogP contribution in [-0.2, 0) is 5.41 Å². The average molecular weight is 1060 g/mol. The Balaban J connectivity index is 0.931. The summed E-state index contributed by atoms with van der Waals surface area (Å²) in [4.78, 5) is 7.09. The number of anilines is 3. The van der Waals surface area contributed by atoms with Crippen molar-refractivity contribution in [3.05, 3.63) is 284 Å². The van der Waals surface area contributed by atoms with Gasteiger partial charge in [-0.1, -0.05) is 159 Å². The lowest BCUT2D eigenvalue weighted by Gasteiger charge is -2.30. The molecular weight excluding hydrogens is 1010 g/mol. The Morgan fingerprint density at radius 3 is 1.94 bits per heavy atom. The highest BCUT2D eigenvalue weighted by Crippen LogP contribution is 2.55. The lowest BCUT2D eigenvalue weighted by Crippen LogP contribution is -2.16. The molecule has 4 nitrogen and oxygen atoms in total. The fraction of sp³-hybridized carbons (Fsp3) is 0.0390. The SMILES string of the molecule is CC1(C)c2ccccc2-c2c(N(c3ccc(C#N)cc3)c3cc(-c4ccc5sc6cc(-c7ccccn7)ccc6c5c4)cc(-c4ccc5c(c4)c4cc6ccccc6cc4n5-c4cccc(-c5cccc6ccccc56)c4)c3)cccc21. The minimum atomic E-state index is -0.209. The molecule has 0 bridgehead atoms. The van der Waals surface area contributed by atoms with E-state index in [1.54, 1.807) is 0 Å². The second-order valence-corrected chi connectivity index (χ2v) is 23.3. The summed E-state index contributed by atoms with van der Waals surface area (Å²) >= 11 is 1.83. The monoisotopic (exact) mass is 1060 g/mol. The molecule has 0 N–H and O–H groups in total. The third-order valence-electron chi connectivity index (χ3n) is 17.2. The number of hydrogen-bond acceptors (Lipinski definition) is 4. The summed E-state index contributed by atoms with van der Waals surface area (Å²) in [5, 5.41) is 19.8. The lowest BCUT2D eigenvalue weighted by atomic mass is 9.82. The highest BCUT2D eigenvalue weighted by Gasteiger charge is 2.38. The van der Waals surface area contributed by atoms with Gasteiger partial charge in [0.1, 0.15) is 0 Å². The molecular formula is C77H50N4S. The number of benzene rings is 12. The standard InChI is InChI=1S/C77H50N4S/c1-77(2)68-23-8-7-21-64(68)76-69(77)24-13-26-72(76)80(58-32-27-48(47-78)28-33-58)60-40-56(38-57(41-60)53-31-36-74-67(44-53)63-34-29-55(46-75(63)82-74)70-25-9-10-37-79-70)52-30-35-71-65(43-52)66-42-50-15-3-4-16-51(50)45-73(66)81(71)59-19-11-18-54(39-59)62-22-12-17-49-14-5-6-20-61(49)62/h3-46H,1-2H3. The fourth-order valence-electron chi connectivity index (χ4n) is 13.2. The van der Waals surface area contributed by atoms with Gasteiger partial charge in [0.2, 0.25) is 0 Å². The fourth-order valence-corrected chi connectivity index (χ4v) is 14.3. The molecule has 0 atom stereocenters. The predicted octanol–water partition coefficient (Wildman–Crippen LogP) is 21.2. The second kappa shape index (κ2) is 18.6. The largest absolute Gasteiger partial charge is 0.310 e. The number of thiophene rings is 1. The van der Waals surface area contributed by atoms with Gasteiger partial charge in [0, 0.05) is 70.7 Å². The normalized spacial score (nSPS) is 12.6. The van der Waals surface area contributed by atoms with Gasteiger partial charge in [-0.3, -0.25) is 4.98 Å². The van der Waals surface area contributed by atoms with Crippen molar-refractivity contribution in [3.8, 4) is 67.5 Å². The van der Waals surface area contributed by atoms with Crippen molar-refractivity contribution in [2.24, 2.45) is 0 Å². The van der Waals surface area contributed by atoms with E-state index in [0.29, 0.717) is 5.56 Å². The summed E-state index contributed by atoms with van der Waals surface area (Å²) in [6, 6.07) is 97.8. The van der Waals surface area contributed by atoms with Crippen LogP contribution in [0, 0.1) is 11.3 Å². The van der Waals surface area contributed by atoms with E-state index < -0.39 is 0 Å². The molecule has 82 heavy (non-hydrogen) atoms.